The standard InChI is InChI=1S/C22H29N7O3/c1-28(17-3-2-8-24-13-17)18-14-25-19(20(23)30)21(27-18)26-16-6-4-15(5-7-16)22(31)29-9-11-32-12-10-29/h4-7,14,17,24H,2-3,8-13H2,1H3,(H2,23,30)(H,26,27)/t17-/m1/s1. The van der Waals surface area contributed by atoms with Gasteiger partial charge < -0.3 is 30.9 Å². The highest BCUT2D eigenvalue weighted by Crippen LogP contribution is 2.23. The molecule has 32 heavy (non-hydrogen) atoms. The highest BCUT2D eigenvalue weighted by atomic mass is 16.5. The average molecular weight is 440 g/mol. The predicted molar refractivity (Wildman–Crippen MR) is 121 cm³/mol. The third kappa shape index (κ3) is 4.97. The van der Waals surface area contributed by atoms with E-state index < -0.39 is 5.91 Å². The van der Waals surface area contributed by atoms with Crippen LogP contribution in [0.1, 0.15) is 33.7 Å². The zero-order valence-electron chi connectivity index (χ0n) is 18.2. The highest BCUT2D eigenvalue weighted by Gasteiger charge is 2.22. The molecule has 2 aliphatic rings. The Bertz CT molecular complexity index is 954. The minimum absolute atomic E-state index is 0.0258. The van der Waals surface area contributed by atoms with Gasteiger partial charge in [0.1, 0.15) is 5.82 Å². The van der Waals surface area contributed by atoms with E-state index in [0.717, 1.165) is 25.9 Å². The fourth-order valence-electron chi connectivity index (χ4n) is 3.95. The number of likely N-dealkylation sites (N-methyl/N-ethyl adjacent to an activating group) is 1. The first-order valence-electron chi connectivity index (χ1n) is 10.9. The largest absolute Gasteiger partial charge is 0.378 e. The van der Waals surface area contributed by atoms with E-state index in [-0.39, 0.29) is 17.4 Å². The fraction of sp³-hybridized carbons (Fsp3) is 0.455. The molecule has 0 saturated carbocycles. The second-order valence-corrected chi connectivity index (χ2v) is 8.01. The summed E-state index contributed by atoms with van der Waals surface area (Å²) < 4.78 is 5.31. The molecule has 10 heteroatoms. The summed E-state index contributed by atoms with van der Waals surface area (Å²) in [5, 5.41) is 6.53. The van der Waals surface area contributed by atoms with Gasteiger partial charge in [-0.2, -0.15) is 0 Å². The molecule has 2 aliphatic heterocycles. The molecule has 10 nitrogen and oxygen atoms in total. The number of hydrogen-bond donors (Lipinski definition) is 3. The number of nitrogens with one attached hydrogen (secondary N) is 2. The van der Waals surface area contributed by atoms with Gasteiger partial charge in [-0.1, -0.05) is 0 Å². The molecule has 2 saturated heterocycles. The second kappa shape index (κ2) is 9.92. The van der Waals surface area contributed by atoms with Crippen molar-refractivity contribution >= 4 is 29.1 Å². The zero-order chi connectivity index (χ0) is 22.5. The van der Waals surface area contributed by atoms with Gasteiger partial charge in [-0.15, -0.1) is 0 Å². The Morgan fingerprint density at radius 2 is 2.00 bits per heavy atom. The van der Waals surface area contributed by atoms with Gasteiger partial charge in [0.2, 0.25) is 0 Å². The minimum Gasteiger partial charge on any atom is -0.378 e. The van der Waals surface area contributed by atoms with Gasteiger partial charge in [-0.25, -0.2) is 9.97 Å². The van der Waals surface area contributed by atoms with Gasteiger partial charge in [0.15, 0.2) is 11.5 Å². The van der Waals surface area contributed by atoms with E-state index in [1.807, 2.05) is 7.05 Å². The third-order valence-electron chi connectivity index (χ3n) is 5.87. The van der Waals surface area contributed by atoms with Crippen LogP contribution in [0.15, 0.2) is 30.5 Å². The van der Waals surface area contributed by atoms with Crippen LogP contribution in [0.4, 0.5) is 17.3 Å². The first-order valence-corrected chi connectivity index (χ1v) is 10.9. The number of hydrogen-bond acceptors (Lipinski definition) is 8. The van der Waals surface area contributed by atoms with Crippen LogP contribution in [0.3, 0.4) is 0 Å². The number of nitrogens with zero attached hydrogens (tertiary/aromatic N) is 4. The molecule has 2 amide bonds. The first-order chi connectivity index (χ1) is 15.5. The predicted octanol–water partition coefficient (Wildman–Crippen LogP) is 0.980. The van der Waals surface area contributed by atoms with Crippen molar-refractivity contribution in [3.05, 3.63) is 41.7 Å². The Morgan fingerprint density at radius 3 is 2.66 bits per heavy atom. The summed E-state index contributed by atoms with van der Waals surface area (Å²) in [6, 6.07) is 7.36. The molecule has 0 aliphatic carbocycles. The van der Waals surface area contributed by atoms with E-state index in [1.165, 1.54) is 0 Å². The lowest BCUT2D eigenvalue weighted by Gasteiger charge is -2.32. The number of primary amides is 1. The molecule has 4 N–H and O–H groups in total. The molecular weight excluding hydrogens is 410 g/mol. The van der Waals surface area contributed by atoms with Crippen molar-refractivity contribution in [2.75, 3.05) is 56.7 Å². The quantitative estimate of drug-likeness (QED) is 0.608. The summed E-state index contributed by atoms with van der Waals surface area (Å²) in [5.74, 6) is 0.262. The Balaban J connectivity index is 1.51. The average Bonchev–Trinajstić information content (AvgIpc) is 2.84. The lowest BCUT2D eigenvalue weighted by atomic mass is 10.1. The fourth-order valence-corrected chi connectivity index (χ4v) is 3.95. The van der Waals surface area contributed by atoms with Gasteiger partial charge in [0, 0.05) is 44.0 Å². The molecule has 0 unspecified atom stereocenters. The van der Waals surface area contributed by atoms with E-state index in [1.54, 1.807) is 35.4 Å². The Morgan fingerprint density at radius 1 is 1.25 bits per heavy atom. The Labute approximate surface area is 187 Å². The molecule has 1 aromatic heterocycles. The number of piperidine rings is 1. The normalized spacial score (nSPS) is 18.8. The van der Waals surface area contributed by atoms with E-state index >= 15 is 0 Å². The van der Waals surface area contributed by atoms with Crippen molar-refractivity contribution < 1.29 is 14.3 Å². The van der Waals surface area contributed by atoms with Crippen molar-refractivity contribution in [3.63, 3.8) is 0 Å². The van der Waals surface area contributed by atoms with Crippen molar-refractivity contribution in [2.45, 2.75) is 18.9 Å². The summed E-state index contributed by atoms with van der Waals surface area (Å²) in [6.45, 7) is 4.19. The van der Waals surface area contributed by atoms with Crippen LogP contribution in [0.5, 0.6) is 0 Å². The van der Waals surface area contributed by atoms with Gasteiger partial charge in [0.05, 0.1) is 19.4 Å². The number of benzene rings is 1. The molecule has 0 radical (unpaired) electrons. The number of ether oxygens (including phenoxy) is 1. The molecule has 3 heterocycles. The van der Waals surface area contributed by atoms with E-state index in [9.17, 15) is 9.59 Å². The minimum atomic E-state index is -0.660. The van der Waals surface area contributed by atoms with E-state index in [0.29, 0.717) is 49.4 Å². The van der Waals surface area contributed by atoms with Crippen molar-refractivity contribution in [1.29, 1.82) is 0 Å². The van der Waals surface area contributed by atoms with Gasteiger partial charge in [-0.05, 0) is 43.7 Å². The summed E-state index contributed by atoms with van der Waals surface area (Å²) in [6.07, 6.45) is 3.73. The molecular formula is C22H29N7O3. The molecule has 2 fully saturated rings. The third-order valence-corrected chi connectivity index (χ3v) is 5.87. The number of aromatic nitrogens is 2. The van der Waals surface area contributed by atoms with Crippen molar-refractivity contribution in [2.24, 2.45) is 5.73 Å². The van der Waals surface area contributed by atoms with Crippen LogP contribution in [-0.2, 0) is 4.74 Å². The van der Waals surface area contributed by atoms with Crippen LogP contribution in [0.25, 0.3) is 0 Å². The maximum absolute atomic E-state index is 12.6. The Hall–Kier alpha value is -3.24. The first kappa shape index (κ1) is 22.0. The number of nitrogens with two attached hydrogens (primary N) is 1. The molecule has 0 bridgehead atoms. The summed E-state index contributed by atoms with van der Waals surface area (Å²) in [4.78, 5) is 37.3. The summed E-state index contributed by atoms with van der Waals surface area (Å²) in [5.41, 5.74) is 6.86. The van der Waals surface area contributed by atoms with Gasteiger partial charge in [-0.3, -0.25) is 9.59 Å². The number of amides is 2. The van der Waals surface area contributed by atoms with Crippen LogP contribution in [0.2, 0.25) is 0 Å². The van der Waals surface area contributed by atoms with Crippen molar-refractivity contribution in [1.82, 2.24) is 20.2 Å². The van der Waals surface area contributed by atoms with Crippen LogP contribution in [0, 0.1) is 0 Å². The van der Waals surface area contributed by atoms with Crippen molar-refractivity contribution in [3.8, 4) is 0 Å². The lowest BCUT2D eigenvalue weighted by Crippen LogP contribution is -2.44. The maximum Gasteiger partial charge on any atom is 0.271 e. The monoisotopic (exact) mass is 439 g/mol. The van der Waals surface area contributed by atoms with Crippen LogP contribution >= 0.6 is 0 Å². The number of rotatable bonds is 6. The highest BCUT2D eigenvalue weighted by molar-refractivity contribution is 5.97. The SMILES string of the molecule is CN(c1cnc(C(N)=O)c(Nc2ccc(C(=O)N3CCOCC3)cc2)n1)[C@@H]1CCCNC1. The van der Waals surface area contributed by atoms with Gasteiger partial charge in [0.25, 0.3) is 11.8 Å². The Kier molecular flexibility index (Phi) is 6.81. The molecule has 0 spiro atoms. The molecule has 170 valence electrons. The van der Waals surface area contributed by atoms with E-state index in [2.05, 4.69) is 25.5 Å². The number of carbonyl (C=O) groups excluding carboxylic acids is 2. The van der Waals surface area contributed by atoms with Gasteiger partial charge >= 0.3 is 0 Å². The van der Waals surface area contributed by atoms with E-state index in [4.69, 9.17) is 10.5 Å². The molecule has 4 rings (SSSR count). The van der Waals surface area contributed by atoms with Crippen LogP contribution in [-0.4, -0.2) is 79.2 Å². The smallest absolute Gasteiger partial charge is 0.271 e. The zero-order valence-corrected chi connectivity index (χ0v) is 18.2. The summed E-state index contributed by atoms with van der Waals surface area (Å²) >= 11 is 0. The molecule has 1 atom stereocenters. The second-order valence-electron chi connectivity index (χ2n) is 8.01. The lowest BCUT2D eigenvalue weighted by molar-refractivity contribution is 0.0303. The molecule has 2 aromatic rings. The number of carbonyl (C=O) groups is 2. The molecule has 1 aromatic carbocycles. The maximum atomic E-state index is 12.6. The summed E-state index contributed by atoms with van der Waals surface area (Å²) in [7, 11) is 1.97. The van der Waals surface area contributed by atoms with Crippen LogP contribution < -0.4 is 21.3 Å². The number of anilines is 3. The topological polar surface area (TPSA) is 126 Å². The number of morpholine rings is 1.